The Hall–Kier alpha value is -2.41. The number of carbonyl (C=O) groups is 2. The summed E-state index contributed by atoms with van der Waals surface area (Å²) in [4.78, 5) is 32.5. The van der Waals surface area contributed by atoms with Gasteiger partial charge in [-0.2, -0.15) is 11.3 Å². The average molecular weight is 344 g/mol. The van der Waals surface area contributed by atoms with E-state index in [1.165, 1.54) is 11.3 Å². The maximum atomic E-state index is 12.3. The van der Waals surface area contributed by atoms with E-state index in [9.17, 15) is 9.59 Å². The fourth-order valence-electron chi connectivity index (χ4n) is 2.66. The van der Waals surface area contributed by atoms with Gasteiger partial charge in [0.15, 0.2) is 0 Å². The van der Waals surface area contributed by atoms with Gasteiger partial charge >= 0.3 is 0 Å². The van der Waals surface area contributed by atoms with Crippen LogP contribution in [0.5, 0.6) is 0 Å². The summed E-state index contributed by atoms with van der Waals surface area (Å²) in [6, 6.07) is 7.62. The van der Waals surface area contributed by atoms with Gasteiger partial charge in [0.25, 0.3) is 5.91 Å². The van der Waals surface area contributed by atoms with Crippen LogP contribution in [0.15, 0.2) is 41.2 Å². The molecule has 0 aliphatic carbocycles. The second-order valence-electron chi connectivity index (χ2n) is 5.57. The molecule has 0 radical (unpaired) electrons. The molecule has 0 saturated carbocycles. The Morgan fingerprint density at radius 1 is 1.17 bits per heavy atom. The Kier molecular flexibility index (Phi) is 5.43. The van der Waals surface area contributed by atoms with Crippen LogP contribution in [-0.4, -0.2) is 54.4 Å². The molecule has 0 spiro atoms. The summed E-state index contributed by atoms with van der Waals surface area (Å²) in [7, 11) is 0. The minimum atomic E-state index is -0.121. The van der Waals surface area contributed by atoms with Crippen LogP contribution in [0.4, 0.5) is 5.82 Å². The average Bonchev–Trinajstić information content (AvgIpc) is 3.17. The van der Waals surface area contributed by atoms with E-state index in [1.54, 1.807) is 17.6 Å². The van der Waals surface area contributed by atoms with E-state index in [0.717, 1.165) is 18.9 Å². The lowest BCUT2D eigenvalue weighted by Crippen LogP contribution is -2.49. The zero-order chi connectivity index (χ0) is 16.8. The molecular formula is C17H20N4O2S. The lowest BCUT2D eigenvalue weighted by molar-refractivity contribution is -0.131. The molecule has 1 N–H and O–H groups in total. The van der Waals surface area contributed by atoms with E-state index in [-0.39, 0.29) is 11.8 Å². The van der Waals surface area contributed by atoms with Crippen LogP contribution in [0.1, 0.15) is 16.8 Å². The Morgan fingerprint density at radius 3 is 2.67 bits per heavy atom. The van der Waals surface area contributed by atoms with E-state index in [4.69, 9.17) is 0 Å². The molecular weight excluding hydrogens is 324 g/mol. The predicted octanol–water partition coefficient (Wildman–Crippen LogP) is 1.61. The van der Waals surface area contributed by atoms with E-state index < -0.39 is 0 Å². The number of nitrogens with one attached hydrogen (secondary N) is 1. The van der Waals surface area contributed by atoms with Gasteiger partial charge < -0.3 is 15.1 Å². The third-order valence-corrected chi connectivity index (χ3v) is 4.70. The molecule has 2 amide bonds. The number of pyridine rings is 1. The van der Waals surface area contributed by atoms with Gasteiger partial charge in [0.1, 0.15) is 5.82 Å². The molecule has 6 nitrogen and oxygen atoms in total. The molecule has 24 heavy (non-hydrogen) atoms. The van der Waals surface area contributed by atoms with Crippen molar-refractivity contribution in [2.24, 2.45) is 0 Å². The molecule has 0 unspecified atom stereocenters. The summed E-state index contributed by atoms with van der Waals surface area (Å²) in [5.41, 5.74) is 0.649. The number of nitrogens with zero attached hydrogens (tertiary/aromatic N) is 3. The van der Waals surface area contributed by atoms with Crippen molar-refractivity contribution in [2.45, 2.75) is 6.42 Å². The summed E-state index contributed by atoms with van der Waals surface area (Å²) in [6.45, 7) is 3.31. The van der Waals surface area contributed by atoms with Crippen molar-refractivity contribution in [3.8, 4) is 0 Å². The van der Waals surface area contributed by atoms with Crippen molar-refractivity contribution in [3.05, 3.63) is 46.8 Å². The monoisotopic (exact) mass is 344 g/mol. The summed E-state index contributed by atoms with van der Waals surface area (Å²) < 4.78 is 0. The lowest BCUT2D eigenvalue weighted by atomic mass is 10.2. The van der Waals surface area contributed by atoms with Crippen LogP contribution in [0.2, 0.25) is 0 Å². The maximum absolute atomic E-state index is 12.3. The van der Waals surface area contributed by atoms with Gasteiger partial charge in [-0.15, -0.1) is 0 Å². The molecule has 0 atom stereocenters. The number of thiophene rings is 1. The van der Waals surface area contributed by atoms with Crippen LogP contribution >= 0.6 is 11.3 Å². The van der Waals surface area contributed by atoms with Gasteiger partial charge in [-0.05, 0) is 23.6 Å². The van der Waals surface area contributed by atoms with Gasteiger partial charge in [0, 0.05) is 56.3 Å². The van der Waals surface area contributed by atoms with Crippen LogP contribution in [0.25, 0.3) is 0 Å². The summed E-state index contributed by atoms with van der Waals surface area (Å²) in [6.07, 6.45) is 2.11. The highest BCUT2D eigenvalue weighted by Crippen LogP contribution is 2.13. The second kappa shape index (κ2) is 7.92. The Bertz CT molecular complexity index is 667. The molecule has 3 heterocycles. The van der Waals surface area contributed by atoms with Crippen LogP contribution in [-0.2, 0) is 4.79 Å². The smallest absolute Gasteiger partial charge is 0.252 e. The highest BCUT2D eigenvalue weighted by molar-refractivity contribution is 7.08. The lowest BCUT2D eigenvalue weighted by Gasteiger charge is -2.35. The summed E-state index contributed by atoms with van der Waals surface area (Å²) in [5, 5.41) is 6.45. The standard InChI is InChI=1S/C17H20N4O2S/c22-16(4-7-19-17(23)14-5-12-24-13-14)21-10-8-20(9-11-21)15-3-1-2-6-18-15/h1-3,5-6,12-13H,4,7-11H2,(H,19,23). The van der Waals surface area contributed by atoms with E-state index in [2.05, 4.69) is 15.2 Å². The van der Waals surface area contributed by atoms with Gasteiger partial charge in [-0.1, -0.05) is 6.07 Å². The Morgan fingerprint density at radius 2 is 2.00 bits per heavy atom. The van der Waals surface area contributed by atoms with Crippen LogP contribution in [0.3, 0.4) is 0 Å². The fourth-order valence-corrected chi connectivity index (χ4v) is 3.30. The topological polar surface area (TPSA) is 65.5 Å². The largest absolute Gasteiger partial charge is 0.353 e. The number of rotatable bonds is 5. The first-order valence-corrected chi connectivity index (χ1v) is 8.92. The third-order valence-electron chi connectivity index (χ3n) is 4.01. The number of hydrogen-bond donors (Lipinski definition) is 1. The van der Waals surface area contributed by atoms with Crippen molar-refractivity contribution in [1.29, 1.82) is 0 Å². The molecule has 2 aromatic heterocycles. The maximum Gasteiger partial charge on any atom is 0.252 e. The molecule has 1 aliphatic heterocycles. The number of piperazine rings is 1. The third kappa shape index (κ3) is 4.11. The number of anilines is 1. The van der Waals surface area contributed by atoms with Gasteiger partial charge in [-0.3, -0.25) is 9.59 Å². The molecule has 0 aromatic carbocycles. The normalized spacial score (nSPS) is 14.5. The number of carbonyl (C=O) groups excluding carboxylic acids is 2. The quantitative estimate of drug-likeness (QED) is 0.895. The first kappa shape index (κ1) is 16.4. The van der Waals surface area contributed by atoms with Crippen LogP contribution < -0.4 is 10.2 Å². The van der Waals surface area contributed by atoms with Gasteiger partial charge in [0.05, 0.1) is 0 Å². The predicted molar refractivity (Wildman–Crippen MR) is 94.3 cm³/mol. The molecule has 7 heteroatoms. The second-order valence-corrected chi connectivity index (χ2v) is 6.35. The van der Waals surface area contributed by atoms with Crippen molar-refractivity contribution in [3.63, 3.8) is 0 Å². The van der Waals surface area contributed by atoms with E-state index in [1.807, 2.05) is 28.5 Å². The van der Waals surface area contributed by atoms with E-state index in [0.29, 0.717) is 31.6 Å². The van der Waals surface area contributed by atoms with Crippen molar-refractivity contribution in [2.75, 3.05) is 37.6 Å². The highest BCUT2D eigenvalue weighted by Gasteiger charge is 2.21. The molecule has 126 valence electrons. The van der Waals surface area contributed by atoms with Gasteiger partial charge in [0.2, 0.25) is 5.91 Å². The SMILES string of the molecule is O=C(NCCC(=O)N1CCN(c2ccccn2)CC1)c1ccsc1. The zero-order valence-corrected chi connectivity index (χ0v) is 14.2. The molecule has 0 bridgehead atoms. The first-order chi connectivity index (χ1) is 11.7. The molecule has 1 saturated heterocycles. The fraction of sp³-hybridized carbons (Fsp3) is 0.353. The molecule has 3 rings (SSSR count). The van der Waals surface area contributed by atoms with Crippen LogP contribution in [0, 0.1) is 0 Å². The van der Waals surface area contributed by atoms with Crippen molar-refractivity contribution < 1.29 is 9.59 Å². The number of hydrogen-bond acceptors (Lipinski definition) is 5. The van der Waals surface area contributed by atoms with Gasteiger partial charge in [-0.25, -0.2) is 4.98 Å². The summed E-state index contributed by atoms with van der Waals surface area (Å²) in [5.74, 6) is 0.915. The number of aromatic nitrogens is 1. The highest BCUT2D eigenvalue weighted by atomic mass is 32.1. The van der Waals surface area contributed by atoms with E-state index >= 15 is 0 Å². The zero-order valence-electron chi connectivity index (χ0n) is 13.4. The molecule has 1 aliphatic rings. The minimum absolute atomic E-state index is 0.0845. The number of amides is 2. The Balaban J connectivity index is 1.40. The minimum Gasteiger partial charge on any atom is -0.353 e. The van der Waals surface area contributed by atoms with Crippen molar-refractivity contribution in [1.82, 2.24) is 15.2 Å². The molecule has 1 fully saturated rings. The first-order valence-electron chi connectivity index (χ1n) is 7.98. The molecule has 2 aromatic rings. The summed E-state index contributed by atoms with van der Waals surface area (Å²) >= 11 is 1.48. The van der Waals surface area contributed by atoms with Crippen molar-refractivity contribution >= 4 is 29.0 Å². The Labute approximate surface area is 145 Å².